The van der Waals surface area contributed by atoms with Crippen LogP contribution < -0.4 is 5.32 Å². The molecule has 0 spiro atoms. The van der Waals surface area contributed by atoms with Gasteiger partial charge in [0.1, 0.15) is 0 Å². The summed E-state index contributed by atoms with van der Waals surface area (Å²) in [6, 6.07) is 3.76. The molecule has 0 aromatic carbocycles. The lowest BCUT2D eigenvalue weighted by Gasteiger charge is -2.24. The predicted molar refractivity (Wildman–Crippen MR) is 82.3 cm³/mol. The van der Waals surface area contributed by atoms with Crippen LogP contribution in [0.25, 0.3) is 0 Å². The Labute approximate surface area is 122 Å². The summed E-state index contributed by atoms with van der Waals surface area (Å²) >= 11 is 4.84. The molecule has 1 rings (SSSR count). The van der Waals surface area contributed by atoms with Gasteiger partial charge in [-0.1, -0.05) is 40.0 Å². The highest BCUT2D eigenvalue weighted by Crippen LogP contribution is 2.24. The second kappa shape index (κ2) is 7.29. The lowest BCUT2D eigenvalue weighted by Crippen LogP contribution is -2.33. The maximum atomic E-state index is 11.9. The van der Waals surface area contributed by atoms with E-state index in [4.69, 9.17) is 0 Å². The number of amides is 1. The average Bonchev–Trinajstić information content (AvgIpc) is 2.73. The fraction of sp³-hybridized carbons (Fsp3) is 0.643. The zero-order valence-electron chi connectivity index (χ0n) is 11.4. The molecule has 1 aromatic heterocycles. The van der Waals surface area contributed by atoms with Gasteiger partial charge in [0.15, 0.2) is 0 Å². The maximum absolute atomic E-state index is 11.9. The summed E-state index contributed by atoms with van der Waals surface area (Å²) in [5, 5.41) is 3.03. The minimum atomic E-state index is 0.0364. The minimum Gasteiger partial charge on any atom is -0.351 e. The Morgan fingerprint density at radius 2 is 2.11 bits per heavy atom. The zero-order valence-corrected chi connectivity index (χ0v) is 13.8. The first-order valence-corrected chi connectivity index (χ1v) is 8.09. The average molecular weight is 332 g/mol. The quantitative estimate of drug-likeness (QED) is 0.711. The summed E-state index contributed by atoms with van der Waals surface area (Å²) in [4.78, 5) is 12.7. The number of halogens is 1. The monoisotopic (exact) mass is 331 g/mol. The summed E-state index contributed by atoms with van der Waals surface area (Å²) in [5.74, 6) is 0.0364. The number of nitrogens with one attached hydrogen (secondary N) is 1. The van der Waals surface area contributed by atoms with E-state index < -0.39 is 0 Å². The van der Waals surface area contributed by atoms with Crippen LogP contribution in [0.3, 0.4) is 0 Å². The molecule has 1 heterocycles. The molecule has 0 bridgehead atoms. The topological polar surface area (TPSA) is 29.1 Å². The van der Waals surface area contributed by atoms with Crippen molar-refractivity contribution in [2.75, 3.05) is 6.54 Å². The third-order valence-corrected chi connectivity index (χ3v) is 4.60. The molecule has 4 heteroatoms. The zero-order chi connectivity index (χ0) is 13.6. The van der Waals surface area contributed by atoms with Crippen LogP contribution in [0.4, 0.5) is 0 Å². The Balaban J connectivity index is 2.37. The van der Waals surface area contributed by atoms with Gasteiger partial charge in [-0.2, -0.15) is 0 Å². The molecule has 2 nitrogen and oxygen atoms in total. The van der Waals surface area contributed by atoms with Gasteiger partial charge in [-0.05, 0) is 39.9 Å². The SMILES string of the molecule is CCCCCC(C)(C)CNC(=O)c1ccc(Br)s1. The van der Waals surface area contributed by atoms with Crippen LogP contribution in [0.1, 0.15) is 56.1 Å². The summed E-state index contributed by atoms with van der Waals surface area (Å²) in [5.41, 5.74) is 0.180. The summed E-state index contributed by atoms with van der Waals surface area (Å²) < 4.78 is 0.995. The van der Waals surface area contributed by atoms with Gasteiger partial charge < -0.3 is 5.32 Å². The van der Waals surface area contributed by atoms with E-state index in [-0.39, 0.29) is 11.3 Å². The lowest BCUT2D eigenvalue weighted by atomic mass is 9.87. The molecule has 0 unspecified atom stereocenters. The van der Waals surface area contributed by atoms with Gasteiger partial charge in [0.05, 0.1) is 8.66 Å². The number of unbranched alkanes of at least 4 members (excludes halogenated alkanes) is 2. The Hall–Kier alpha value is -0.350. The van der Waals surface area contributed by atoms with Crippen molar-refractivity contribution in [1.29, 1.82) is 0 Å². The van der Waals surface area contributed by atoms with Crippen molar-refractivity contribution in [3.63, 3.8) is 0 Å². The van der Waals surface area contributed by atoms with Crippen LogP contribution in [0.15, 0.2) is 15.9 Å². The van der Waals surface area contributed by atoms with Gasteiger partial charge in [-0.15, -0.1) is 11.3 Å². The van der Waals surface area contributed by atoms with Crippen LogP contribution in [0, 0.1) is 5.41 Å². The molecule has 0 saturated heterocycles. The summed E-state index contributed by atoms with van der Waals surface area (Å²) in [6.45, 7) is 7.38. The number of carbonyl (C=O) groups excluding carboxylic acids is 1. The molecule has 0 aliphatic heterocycles. The van der Waals surface area contributed by atoms with Gasteiger partial charge in [0.2, 0.25) is 0 Å². The van der Waals surface area contributed by atoms with E-state index in [1.165, 1.54) is 30.6 Å². The van der Waals surface area contributed by atoms with Gasteiger partial charge in [-0.3, -0.25) is 4.79 Å². The second-order valence-corrected chi connectivity index (χ2v) is 7.87. The molecule has 0 aliphatic carbocycles. The number of hydrogen-bond donors (Lipinski definition) is 1. The van der Waals surface area contributed by atoms with Crippen molar-refractivity contribution in [2.24, 2.45) is 5.41 Å². The van der Waals surface area contributed by atoms with E-state index in [9.17, 15) is 4.79 Å². The molecule has 0 atom stereocenters. The van der Waals surface area contributed by atoms with Crippen molar-refractivity contribution < 1.29 is 4.79 Å². The van der Waals surface area contributed by atoms with Crippen LogP contribution in [0.5, 0.6) is 0 Å². The van der Waals surface area contributed by atoms with Crippen LogP contribution in [0.2, 0.25) is 0 Å². The normalized spacial score (nSPS) is 11.6. The first-order valence-electron chi connectivity index (χ1n) is 6.48. The van der Waals surface area contributed by atoms with Gasteiger partial charge in [0, 0.05) is 6.54 Å². The molecule has 1 aromatic rings. The lowest BCUT2D eigenvalue weighted by molar-refractivity contribution is 0.0938. The second-order valence-electron chi connectivity index (χ2n) is 5.41. The Morgan fingerprint density at radius 1 is 1.39 bits per heavy atom. The Morgan fingerprint density at radius 3 is 2.67 bits per heavy atom. The number of rotatable bonds is 7. The minimum absolute atomic E-state index is 0.0364. The standard InChI is InChI=1S/C14H22BrNOS/c1-4-5-6-9-14(2,3)10-16-13(17)11-7-8-12(15)18-11/h7-8H,4-6,9-10H2,1-3H3,(H,16,17). The third-order valence-electron chi connectivity index (χ3n) is 2.98. The van der Waals surface area contributed by atoms with Crippen molar-refractivity contribution in [2.45, 2.75) is 46.5 Å². The molecule has 0 fully saturated rings. The first-order chi connectivity index (χ1) is 8.44. The van der Waals surface area contributed by atoms with Gasteiger partial charge in [0.25, 0.3) is 5.91 Å². The third kappa shape index (κ3) is 5.53. The fourth-order valence-corrected chi connectivity index (χ4v) is 3.09. The van der Waals surface area contributed by atoms with E-state index in [1.807, 2.05) is 12.1 Å². The van der Waals surface area contributed by atoms with E-state index >= 15 is 0 Å². The van der Waals surface area contributed by atoms with Gasteiger partial charge >= 0.3 is 0 Å². The van der Waals surface area contributed by atoms with Crippen molar-refractivity contribution in [3.8, 4) is 0 Å². The highest BCUT2D eigenvalue weighted by molar-refractivity contribution is 9.11. The number of carbonyl (C=O) groups is 1. The van der Waals surface area contributed by atoms with Crippen LogP contribution >= 0.6 is 27.3 Å². The first kappa shape index (κ1) is 15.7. The highest BCUT2D eigenvalue weighted by atomic mass is 79.9. The Bertz CT molecular complexity index is 387. The largest absolute Gasteiger partial charge is 0.351 e. The van der Waals surface area contributed by atoms with Crippen molar-refractivity contribution in [3.05, 3.63) is 20.8 Å². The Kier molecular flexibility index (Phi) is 6.36. The molecular weight excluding hydrogens is 310 g/mol. The van der Waals surface area contributed by atoms with Crippen LogP contribution in [-0.2, 0) is 0 Å². The number of hydrogen-bond acceptors (Lipinski definition) is 2. The molecule has 0 aliphatic rings. The van der Waals surface area contributed by atoms with E-state index in [1.54, 1.807) is 0 Å². The fourth-order valence-electron chi connectivity index (χ4n) is 1.78. The number of thiophene rings is 1. The van der Waals surface area contributed by atoms with E-state index in [0.717, 1.165) is 21.6 Å². The molecule has 0 saturated carbocycles. The summed E-state index contributed by atoms with van der Waals surface area (Å²) in [7, 11) is 0. The van der Waals surface area contributed by atoms with Crippen molar-refractivity contribution in [1.82, 2.24) is 5.32 Å². The van der Waals surface area contributed by atoms with Gasteiger partial charge in [-0.25, -0.2) is 0 Å². The summed E-state index contributed by atoms with van der Waals surface area (Å²) in [6.07, 6.45) is 4.92. The van der Waals surface area contributed by atoms with Crippen molar-refractivity contribution >= 4 is 33.2 Å². The molecule has 1 amide bonds. The van der Waals surface area contributed by atoms with E-state index in [2.05, 4.69) is 42.0 Å². The molecule has 1 N–H and O–H groups in total. The maximum Gasteiger partial charge on any atom is 0.261 e. The van der Waals surface area contributed by atoms with Crippen LogP contribution in [-0.4, -0.2) is 12.5 Å². The molecule has 18 heavy (non-hydrogen) atoms. The van der Waals surface area contributed by atoms with E-state index in [0.29, 0.717) is 0 Å². The molecule has 0 radical (unpaired) electrons. The molecular formula is C14H22BrNOS. The smallest absolute Gasteiger partial charge is 0.261 e. The predicted octanol–water partition coefficient (Wildman–Crippen LogP) is 4.85. The molecule has 102 valence electrons. The highest BCUT2D eigenvalue weighted by Gasteiger charge is 2.19.